The molecule has 16 heavy (non-hydrogen) atoms. The van der Waals surface area contributed by atoms with Crippen molar-refractivity contribution in [2.45, 2.75) is 38.8 Å². The van der Waals surface area contributed by atoms with Gasteiger partial charge in [0, 0.05) is 6.42 Å². The molecule has 0 aliphatic carbocycles. The second-order valence-electron chi connectivity index (χ2n) is 4.23. The number of carboxylic acid groups (broad SMARTS) is 1. The molecule has 2 amide bonds. The van der Waals surface area contributed by atoms with Crippen LogP contribution in [0.5, 0.6) is 0 Å². The Morgan fingerprint density at radius 3 is 2.50 bits per heavy atom. The fourth-order valence-corrected chi connectivity index (χ4v) is 1.58. The summed E-state index contributed by atoms with van der Waals surface area (Å²) in [5.41, 5.74) is 0. The Morgan fingerprint density at radius 2 is 2.12 bits per heavy atom. The summed E-state index contributed by atoms with van der Waals surface area (Å²) in [7, 11) is 0. The van der Waals surface area contributed by atoms with Crippen LogP contribution in [0.3, 0.4) is 0 Å². The van der Waals surface area contributed by atoms with Gasteiger partial charge in [-0.2, -0.15) is 0 Å². The zero-order valence-corrected chi connectivity index (χ0v) is 9.32. The molecule has 0 aromatic rings. The minimum atomic E-state index is -1.06. The average molecular weight is 228 g/mol. The van der Waals surface area contributed by atoms with Crippen LogP contribution in [0.15, 0.2) is 0 Å². The Labute approximate surface area is 93.4 Å². The van der Waals surface area contributed by atoms with E-state index in [2.05, 4.69) is 10.6 Å². The number of carboxylic acids is 1. The van der Waals surface area contributed by atoms with Gasteiger partial charge in [-0.25, -0.2) is 4.79 Å². The highest BCUT2D eigenvalue weighted by molar-refractivity contribution is 5.92. The fraction of sp³-hybridized carbons (Fsp3) is 0.700. The van der Waals surface area contributed by atoms with E-state index in [1.807, 2.05) is 0 Å². The van der Waals surface area contributed by atoms with Crippen molar-refractivity contribution in [1.29, 1.82) is 0 Å². The molecule has 2 atom stereocenters. The number of amides is 2. The zero-order chi connectivity index (χ0) is 12.3. The zero-order valence-electron chi connectivity index (χ0n) is 9.32. The lowest BCUT2D eigenvalue weighted by Gasteiger charge is -2.20. The number of hydrogen-bond acceptors (Lipinski definition) is 3. The molecule has 0 aromatic heterocycles. The number of carbonyl (C=O) groups excluding carboxylic acids is 2. The van der Waals surface area contributed by atoms with E-state index in [0.29, 0.717) is 12.8 Å². The van der Waals surface area contributed by atoms with Crippen LogP contribution < -0.4 is 10.6 Å². The van der Waals surface area contributed by atoms with Crippen LogP contribution in [0, 0.1) is 5.92 Å². The van der Waals surface area contributed by atoms with Gasteiger partial charge in [0.15, 0.2) is 0 Å². The third-order valence-corrected chi connectivity index (χ3v) is 2.54. The highest BCUT2D eigenvalue weighted by Crippen LogP contribution is 2.08. The highest BCUT2D eigenvalue weighted by Gasteiger charge is 2.31. The van der Waals surface area contributed by atoms with Gasteiger partial charge in [0.25, 0.3) is 0 Å². The van der Waals surface area contributed by atoms with E-state index in [9.17, 15) is 14.4 Å². The Morgan fingerprint density at radius 1 is 1.50 bits per heavy atom. The summed E-state index contributed by atoms with van der Waals surface area (Å²) in [4.78, 5) is 33.4. The Balaban J connectivity index is 2.55. The molecule has 1 saturated heterocycles. The first-order chi connectivity index (χ1) is 7.41. The SMILES string of the molecule is CC(C)[C@@H](NC(=O)C1CCC(=O)N1)C(=O)O. The first-order valence-electron chi connectivity index (χ1n) is 5.24. The first kappa shape index (κ1) is 12.5. The standard InChI is InChI=1S/C10H16N2O4/c1-5(2)8(10(15)16)12-9(14)6-3-4-7(13)11-6/h5-6,8H,3-4H2,1-2H3,(H,11,13)(H,12,14)(H,15,16)/t6?,8-/m1/s1. The maximum absolute atomic E-state index is 11.6. The van der Waals surface area contributed by atoms with E-state index in [1.165, 1.54) is 0 Å². The van der Waals surface area contributed by atoms with Gasteiger partial charge in [0.2, 0.25) is 11.8 Å². The molecule has 1 aliphatic heterocycles. The van der Waals surface area contributed by atoms with Gasteiger partial charge in [-0.3, -0.25) is 9.59 Å². The summed E-state index contributed by atoms with van der Waals surface area (Å²) in [5.74, 6) is -1.85. The molecular weight excluding hydrogens is 212 g/mol. The van der Waals surface area contributed by atoms with Crippen molar-refractivity contribution in [2.75, 3.05) is 0 Å². The van der Waals surface area contributed by atoms with Crippen molar-refractivity contribution in [2.24, 2.45) is 5.92 Å². The predicted octanol–water partition coefficient (Wildman–Crippen LogP) is -0.510. The molecule has 1 fully saturated rings. The van der Waals surface area contributed by atoms with Gasteiger partial charge in [-0.05, 0) is 12.3 Å². The van der Waals surface area contributed by atoms with Gasteiger partial charge in [0.05, 0.1) is 0 Å². The van der Waals surface area contributed by atoms with Crippen LogP contribution in [0.1, 0.15) is 26.7 Å². The fourth-order valence-electron chi connectivity index (χ4n) is 1.58. The van der Waals surface area contributed by atoms with E-state index in [1.54, 1.807) is 13.8 Å². The molecule has 6 nitrogen and oxygen atoms in total. The second-order valence-corrected chi connectivity index (χ2v) is 4.23. The normalized spacial score (nSPS) is 21.7. The van der Waals surface area contributed by atoms with Crippen molar-refractivity contribution in [3.63, 3.8) is 0 Å². The molecule has 0 spiro atoms. The summed E-state index contributed by atoms with van der Waals surface area (Å²) >= 11 is 0. The van der Waals surface area contributed by atoms with Crippen LogP contribution >= 0.6 is 0 Å². The third-order valence-electron chi connectivity index (χ3n) is 2.54. The van der Waals surface area contributed by atoms with Crippen molar-refractivity contribution < 1.29 is 19.5 Å². The third kappa shape index (κ3) is 2.95. The smallest absolute Gasteiger partial charge is 0.326 e. The van der Waals surface area contributed by atoms with E-state index >= 15 is 0 Å². The molecule has 1 rings (SSSR count). The Bertz CT molecular complexity index is 314. The van der Waals surface area contributed by atoms with Crippen LogP contribution in [-0.2, 0) is 14.4 Å². The van der Waals surface area contributed by atoms with Gasteiger partial charge >= 0.3 is 5.97 Å². The lowest BCUT2D eigenvalue weighted by Crippen LogP contribution is -2.50. The molecule has 1 unspecified atom stereocenters. The van der Waals surface area contributed by atoms with Gasteiger partial charge in [0.1, 0.15) is 12.1 Å². The number of carbonyl (C=O) groups is 3. The second kappa shape index (κ2) is 4.96. The van der Waals surface area contributed by atoms with Crippen molar-refractivity contribution in [3.05, 3.63) is 0 Å². The van der Waals surface area contributed by atoms with Gasteiger partial charge in [-0.1, -0.05) is 13.8 Å². The molecule has 1 aliphatic rings. The van der Waals surface area contributed by atoms with E-state index in [0.717, 1.165) is 0 Å². The Kier molecular flexibility index (Phi) is 3.87. The minimum Gasteiger partial charge on any atom is -0.480 e. The summed E-state index contributed by atoms with van der Waals surface area (Å²) in [6.07, 6.45) is 0.743. The summed E-state index contributed by atoms with van der Waals surface area (Å²) in [5, 5.41) is 13.8. The van der Waals surface area contributed by atoms with E-state index < -0.39 is 24.0 Å². The molecule has 0 aromatic carbocycles. The number of nitrogens with one attached hydrogen (secondary N) is 2. The Hall–Kier alpha value is -1.59. The molecule has 6 heteroatoms. The first-order valence-corrected chi connectivity index (χ1v) is 5.24. The van der Waals surface area contributed by atoms with Crippen LogP contribution in [0.4, 0.5) is 0 Å². The predicted molar refractivity (Wildman–Crippen MR) is 55.6 cm³/mol. The quantitative estimate of drug-likeness (QED) is 0.604. The van der Waals surface area contributed by atoms with E-state index in [-0.39, 0.29) is 11.8 Å². The van der Waals surface area contributed by atoms with Crippen LogP contribution in [0.2, 0.25) is 0 Å². The van der Waals surface area contributed by atoms with Crippen LogP contribution in [0.25, 0.3) is 0 Å². The number of aliphatic carboxylic acids is 1. The maximum Gasteiger partial charge on any atom is 0.326 e. The largest absolute Gasteiger partial charge is 0.480 e. The van der Waals surface area contributed by atoms with Gasteiger partial charge < -0.3 is 15.7 Å². The minimum absolute atomic E-state index is 0.170. The lowest BCUT2D eigenvalue weighted by molar-refractivity contribution is -0.143. The molecule has 3 N–H and O–H groups in total. The molecule has 0 saturated carbocycles. The van der Waals surface area contributed by atoms with Crippen molar-refractivity contribution >= 4 is 17.8 Å². The van der Waals surface area contributed by atoms with E-state index in [4.69, 9.17) is 5.11 Å². The average Bonchev–Trinajstić information content (AvgIpc) is 2.59. The molecule has 0 bridgehead atoms. The van der Waals surface area contributed by atoms with Crippen LogP contribution in [-0.4, -0.2) is 35.0 Å². The molecule has 0 radical (unpaired) electrons. The molecular formula is C10H16N2O4. The van der Waals surface area contributed by atoms with Gasteiger partial charge in [-0.15, -0.1) is 0 Å². The lowest BCUT2D eigenvalue weighted by atomic mass is 10.0. The topological polar surface area (TPSA) is 95.5 Å². The molecule has 1 heterocycles. The van der Waals surface area contributed by atoms with Crippen molar-refractivity contribution in [3.8, 4) is 0 Å². The maximum atomic E-state index is 11.6. The summed E-state index contributed by atoms with van der Waals surface area (Å²) in [6.45, 7) is 3.43. The molecule has 90 valence electrons. The number of hydrogen-bond donors (Lipinski definition) is 3. The summed E-state index contributed by atoms with van der Waals surface area (Å²) < 4.78 is 0. The number of rotatable bonds is 4. The summed E-state index contributed by atoms with van der Waals surface area (Å²) in [6, 6.07) is -1.50. The highest BCUT2D eigenvalue weighted by atomic mass is 16.4. The monoisotopic (exact) mass is 228 g/mol. The van der Waals surface area contributed by atoms with Crippen molar-refractivity contribution in [1.82, 2.24) is 10.6 Å².